The molecule has 1 aromatic carbocycles. The van der Waals surface area contributed by atoms with Crippen LogP contribution in [0, 0.1) is 0 Å². The summed E-state index contributed by atoms with van der Waals surface area (Å²) in [6.07, 6.45) is 0. The Morgan fingerprint density at radius 3 is 2.18 bits per heavy atom. The molecule has 0 radical (unpaired) electrons. The van der Waals surface area contributed by atoms with Crippen molar-refractivity contribution in [3.8, 4) is 0 Å². The Labute approximate surface area is 108 Å². The predicted octanol–water partition coefficient (Wildman–Crippen LogP) is 2.57. The van der Waals surface area contributed by atoms with E-state index in [1.807, 2.05) is 24.3 Å². The van der Waals surface area contributed by atoms with Gasteiger partial charge in [-0.3, -0.25) is 0 Å². The number of hydrogen-bond donors (Lipinski definition) is 1. The van der Waals surface area contributed by atoms with Crippen LogP contribution in [0.5, 0.6) is 0 Å². The molecule has 0 saturated heterocycles. The van der Waals surface area contributed by atoms with Crippen LogP contribution < -0.4 is 5.73 Å². The normalized spacial score (nSPS) is 12.6. The van der Waals surface area contributed by atoms with Gasteiger partial charge in [0.1, 0.15) is 0 Å². The molecule has 0 aromatic heterocycles. The van der Waals surface area contributed by atoms with E-state index in [0.717, 1.165) is 10.6 Å². The first-order valence-corrected chi connectivity index (χ1v) is 8.07. The first-order chi connectivity index (χ1) is 7.72. The van der Waals surface area contributed by atoms with Crippen LogP contribution in [0.25, 0.3) is 0 Å². The number of sulfone groups is 1. The highest BCUT2D eigenvalue weighted by Gasteiger charge is 2.28. The summed E-state index contributed by atoms with van der Waals surface area (Å²) in [5.41, 5.74) is 6.30. The van der Waals surface area contributed by atoms with Crippen molar-refractivity contribution < 1.29 is 8.42 Å². The SMILES string of the molecule is CC(C)(C)S(=O)(=O)CCSc1ccc(N)cc1. The van der Waals surface area contributed by atoms with E-state index in [1.165, 1.54) is 11.8 Å². The number of benzene rings is 1. The number of anilines is 1. The Kier molecular flexibility index (Phi) is 4.49. The molecule has 17 heavy (non-hydrogen) atoms. The van der Waals surface area contributed by atoms with Gasteiger partial charge in [0, 0.05) is 16.3 Å². The Bertz CT molecular complexity index is 458. The van der Waals surface area contributed by atoms with E-state index in [-0.39, 0.29) is 5.75 Å². The molecular weight excluding hydrogens is 254 g/mol. The maximum atomic E-state index is 11.9. The van der Waals surface area contributed by atoms with Crippen molar-refractivity contribution in [1.82, 2.24) is 0 Å². The third kappa shape index (κ3) is 4.24. The molecule has 1 rings (SSSR count). The maximum Gasteiger partial charge on any atom is 0.156 e. The highest BCUT2D eigenvalue weighted by atomic mass is 32.2. The standard InChI is InChI=1S/C12H19NO2S2/c1-12(2,3)17(14,15)9-8-16-11-6-4-10(13)5-7-11/h4-7H,8-9,13H2,1-3H3. The summed E-state index contributed by atoms with van der Waals surface area (Å²) >= 11 is 1.54. The van der Waals surface area contributed by atoms with Crippen LogP contribution in [0.2, 0.25) is 0 Å². The molecule has 2 N–H and O–H groups in total. The first-order valence-electron chi connectivity index (χ1n) is 5.43. The van der Waals surface area contributed by atoms with Crippen LogP contribution in [0.4, 0.5) is 5.69 Å². The van der Waals surface area contributed by atoms with E-state index in [2.05, 4.69) is 0 Å². The molecule has 96 valence electrons. The number of nitrogen functional groups attached to an aromatic ring is 1. The van der Waals surface area contributed by atoms with Gasteiger partial charge >= 0.3 is 0 Å². The van der Waals surface area contributed by atoms with E-state index in [0.29, 0.717) is 5.75 Å². The summed E-state index contributed by atoms with van der Waals surface area (Å²) in [5, 5.41) is 0. The number of hydrogen-bond acceptors (Lipinski definition) is 4. The van der Waals surface area contributed by atoms with Gasteiger partial charge in [0.15, 0.2) is 9.84 Å². The highest BCUT2D eigenvalue weighted by Crippen LogP contribution is 2.22. The second-order valence-corrected chi connectivity index (χ2v) is 8.88. The van der Waals surface area contributed by atoms with Crippen molar-refractivity contribution in [3.05, 3.63) is 24.3 Å². The van der Waals surface area contributed by atoms with E-state index in [9.17, 15) is 8.42 Å². The molecule has 0 heterocycles. The molecule has 1 aromatic rings. The van der Waals surface area contributed by atoms with E-state index in [4.69, 9.17) is 5.73 Å². The van der Waals surface area contributed by atoms with Crippen molar-refractivity contribution in [2.75, 3.05) is 17.2 Å². The van der Waals surface area contributed by atoms with Gasteiger partial charge in [-0.2, -0.15) is 0 Å². The molecule has 0 aliphatic carbocycles. The summed E-state index contributed by atoms with van der Waals surface area (Å²) in [6.45, 7) is 5.20. The molecule has 3 nitrogen and oxygen atoms in total. The third-order valence-electron chi connectivity index (χ3n) is 2.43. The molecular formula is C12H19NO2S2. The zero-order chi connectivity index (χ0) is 13.1. The first kappa shape index (κ1) is 14.4. The summed E-state index contributed by atoms with van der Waals surface area (Å²) < 4.78 is 23.1. The van der Waals surface area contributed by atoms with Gasteiger partial charge in [-0.05, 0) is 45.0 Å². The Morgan fingerprint density at radius 2 is 1.71 bits per heavy atom. The molecule has 0 saturated carbocycles. The second kappa shape index (κ2) is 5.31. The number of nitrogens with two attached hydrogens (primary N) is 1. The fourth-order valence-electron chi connectivity index (χ4n) is 1.14. The van der Waals surface area contributed by atoms with E-state index >= 15 is 0 Å². The van der Waals surface area contributed by atoms with Gasteiger partial charge in [-0.15, -0.1) is 11.8 Å². The van der Waals surface area contributed by atoms with Crippen molar-refractivity contribution in [3.63, 3.8) is 0 Å². The summed E-state index contributed by atoms with van der Waals surface area (Å²) in [6, 6.07) is 7.45. The molecule has 0 bridgehead atoms. The van der Waals surface area contributed by atoms with Crippen LogP contribution in [-0.4, -0.2) is 24.7 Å². The van der Waals surface area contributed by atoms with Gasteiger partial charge in [0.05, 0.1) is 10.5 Å². The summed E-state index contributed by atoms with van der Waals surface area (Å²) in [4.78, 5) is 1.04. The second-order valence-electron chi connectivity index (χ2n) is 4.85. The highest BCUT2D eigenvalue weighted by molar-refractivity contribution is 8.01. The molecule has 0 unspecified atom stereocenters. The fourth-order valence-corrected chi connectivity index (χ4v) is 3.53. The minimum absolute atomic E-state index is 0.200. The molecule has 0 aliphatic rings. The lowest BCUT2D eigenvalue weighted by molar-refractivity contribution is 0.562. The lowest BCUT2D eigenvalue weighted by atomic mass is 10.3. The molecule has 5 heteroatoms. The monoisotopic (exact) mass is 273 g/mol. The Balaban J connectivity index is 2.52. The Morgan fingerprint density at radius 1 is 1.18 bits per heavy atom. The topological polar surface area (TPSA) is 60.2 Å². The lowest BCUT2D eigenvalue weighted by Crippen LogP contribution is -2.31. The molecule has 0 fully saturated rings. The van der Waals surface area contributed by atoms with Gasteiger partial charge in [-0.25, -0.2) is 8.42 Å². The van der Waals surface area contributed by atoms with Gasteiger partial charge in [0.2, 0.25) is 0 Å². The zero-order valence-electron chi connectivity index (χ0n) is 10.4. The van der Waals surface area contributed by atoms with Crippen molar-refractivity contribution >= 4 is 27.3 Å². The molecule has 0 aliphatic heterocycles. The quantitative estimate of drug-likeness (QED) is 0.676. The summed E-state index contributed by atoms with van der Waals surface area (Å²) in [5.74, 6) is 0.773. The van der Waals surface area contributed by atoms with Crippen molar-refractivity contribution in [1.29, 1.82) is 0 Å². The minimum atomic E-state index is -3.02. The molecule has 0 atom stereocenters. The van der Waals surface area contributed by atoms with Crippen LogP contribution >= 0.6 is 11.8 Å². The molecule has 0 amide bonds. The number of rotatable bonds is 4. The smallest absolute Gasteiger partial charge is 0.156 e. The lowest BCUT2D eigenvalue weighted by Gasteiger charge is -2.18. The van der Waals surface area contributed by atoms with Gasteiger partial charge in [0.25, 0.3) is 0 Å². The van der Waals surface area contributed by atoms with Crippen LogP contribution in [0.1, 0.15) is 20.8 Å². The zero-order valence-corrected chi connectivity index (χ0v) is 12.1. The minimum Gasteiger partial charge on any atom is -0.399 e. The average Bonchev–Trinajstić information content (AvgIpc) is 2.19. The average molecular weight is 273 g/mol. The predicted molar refractivity (Wildman–Crippen MR) is 75.1 cm³/mol. The number of thioether (sulfide) groups is 1. The van der Waals surface area contributed by atoms with Crippen LogP contribution in [0.3, 0.4) is 0 Å². The van der Waals surface area contributed by atoms with Crippen LogP contribution in [-0.2, 0) is 9.84 Å². The van der Waals surface area contributed by atoms with E-state index < -0.39 is 14.6 Å². The third-order valence-corrected chi connectivity index (χ3v) is 6.31. The maximum absolute atomic E-state index is 11.9. The summed E-state index contributed by atoms with van der Waals surface area (Å²) in [7, 11) is -3.02. The fraction of sp³-hybridized carbons (Fsp3) is 0.500. The van der Waals surface area contributed by atoms with Crippen LogP contribution in [0.15, 0.2) is 29.2 Å². The van der Waals surface area contributed by atoms with Crippen molar-refractivity contribution in [2.45, 2.75) is 30.4 Å². The largest absolute Gasteiger partial charge is 0.399 e. The van der Waals surface area contributed by atoms with Gasteiger partial charge < -0.3 is 5.73 Å². The van der Waals surface area contributed by atoms with Crippen molar-refractivity contribution in [2.24, 2.45) is 0 Å². The van der Waals surface area contributed by atoms with E-state index in [1.54, 1.807) is 20.8 Å². The molecule has 0 spiro atoms. The Hall–Kier alpha value is -0.680. The van der Waals surface area contributed by atoms with Gasteiger partial charge in [-0.1, -0.05) is 0 Å².